The molecule has 0 fully saturated rings. The molecule has 0 radical (unpaired) electrons. The Morgan fingerprint density at radius 2 is 1.74 bits per heavy atom. The summed E-state index contributed by atoms with van der Waals surface area (Å²) < 4.78 is 26.2. The molecule has 3 N–H and O–H groups in total. The Balaban J connectivity index is 2.99. The first-order valence-corrected chi connectivity index (χ1v) is 7.72. The van der Waals surface area contributed by atoms with Gasteiger partial charge in [0.15, 0.2) is 0 Å². The summed E-state index contributed by atoms with van der Waals surface area (Å²) in [6, 6.07) is 7.81. The molecule has 0 saturated carbocycles. The van der Waals surface area contributed by atoms with Crippen LogP contribution >= 0.6 is 0 Å². The summed E-state index contributed by atoms with van der Waals surface area (Å²) >= 11 is 0. The second-order valence-corrected chi connectivity index (χ2v) is 6.12. The van der Waals surface area contributed by atoms with Crippen molar-refractivity contribution in [2.45, 2.75) is 31.6 Å². The van der Waals surface area contributed by atoms with Crippen LogP contribution in [0.25, 0.3) is 0 Å². The Bertz CT molecular complexity index is 514. The van der Waals surface area contributed by atoms with E-state index in [-0.39, 0.29) is 11.4 Å². The van der Waals surface area contributed by atoms with Crippen molar-refractivity contribution in [3.8, 4) is 0 Å². The topological polar surface area (TPSA) is 89.3 Å². The van der Waals surface area contributed by atoms with Gasteiger partial charge in [0.25, 0.3) is 10.0 Å². The summed E-state index contributed by atoms with van der Waals surface area (Å²) in [5.41, 5.74) is 4.80. The molecule has 1 rings (SSSR count). The van der Waals surface area contributed by atoms with E-state index in [9.17, 15) is 13.2 Å². The highest BCUT2D eigenvalue weighted by Crippen LogP contribution is 2.25. The summed E-state index contributed by atoms with van der Waals surface area (Å²) in [5.74, 6) is -0.538. The Morgan fingerprint density at radius 1 is 1.21 bits per heavy atom. The van der Waals surface area contributed by atoms with Crippen molar-refractivity contribution in [1.82, 2.24) is 4.72 Å². The smallest absolute Gasteiger partial charge is 0.264 e. The van der Waals surface area contributed by atoms with Gasteiger partial charge in [0.05, 0.1) is 10.3 Å². The van der Waals surface area contributed by atoms with Gasteiger partial charge in [-0.05, 0) is 25.0 Å². The fourth-order valence-corrected chi connectivity index (χ4v) is 2.94. The van der Waals surface area contributed by atoms with Crippen molar-refractivity contribution in [2.75, 3.05) is 6.54 Å². The maximum Gasteiger partial charge on any atom is 0.264 e. The summed E-state index contributed by atoms with van der Waals surface area (Å²) in [6.45, 7) is 3.77. The summed E-state index contributed by atoms with van der Waals surface area (Å²) in [4.78, 5) is 12.2. The maximum atomic E-state index is 12.2. The second-order valence-electron chi connectivity index (χ2n) is 4.44. The number of benzene rings is 1. The monoisotopic (exact) mass is 284 g/mol. The highest BCUT2D eigenvalue weighted by atomic mass is 32.2. The minimum absolute atomic E-state index is 0.0708. The normalized spacial score (nSPS) is 12.2. The molecule has 106 valence electrons. The van der Waals surface area contributed by atoms with E-state index in [0.717, 1.165) is 0 Å². The van der Waals surface area contributed by atoms with Crippen LogP contribution in [0.5, 0.6) is 0 Å². The fraction of sp³-hybridized carbons (Fsp3) is 0.462. The Hall–Kier alpha value is -1.40. The maximum absolute atomic E-state index is 12.2. The quantitative estimate of drug-likeness (QED) is 0.823. The van der Waals surface area contributed by atoms with Gasteiger partial charge >= 0.3 is 0 Å². The predicted octanol–water partition coefficient (Wildman–Crippen LogP) is 1.26. The van der Waals surface area contributed by atoms with Gasteiger partial charge in [-0.3, -0.25) is 4.79 Å². The number of sulfonamides is 1. The lowest BCUT2D eigenvalue weighted by molar-refractivity contribution is -0.129. The molecule has 0 saturated heterocycles. The van der Waals surface area contributed by atoms with E-state index in [1.807, 2.05) is 13.8 Å². The fourth-order valence-electron chi connectivity index (χ4n) is 1.84. The van der Waals surface area contributed by atoms with Crippen LogP contribution in [0.3, 0.4) is 0 Å². The van der Waals surface area contributed by atoms with Gasteiger partial charge in [0.1, 0.15) is 0 Å². The molecule has 6 heteroatoms. The van der Waals surface area contributed by atoms with Crippen molar-refractivity contribution in [3.05, 3.63) is 30.3 Å². The van der Waals surface area contributed by atoms with Crippen molar-refractivity contribution >= 4 is 15.9 Å². The van der Waals surface area contributed by atoms with Gasteiger partial charge in [0, 0.05) is 6.54 Å². The lowest BCUT2D eigenvalue weighted by Gasteiger charge is -2.28. The van der Waals surface area contributed by atoms with Gasteiger partial charge in [-0.2, -0.15) is 0 Å². The molecule has 0 spiro atoms. The minimum Gasteiger partial charge on any atom is -0.329 e. The number of nitrogens with two attached hydrogens (primary N) is 1. The van der Waals surface area contributed by atoms with E-state index in [1.165, 1.54) is 12.1 Å². The van der Waals surface area contributed by atoms with Crippen LogP contribution in [0.4, 0.5) is 0 Å². The Morgan fingerprint density at radius 3 is 2.16 bits per heavy atom. The molecule has 0 unspecified atom stereocenters. The van der Waals surface area contributed by atoms with E-state index < -0.39 is 21.3 Å². The molecule has 0 aromatic heterocycles. The lowest BCUT2D eigenvalue weighted by Crippen LogP contribution is -2.47. The number of carbonyl (C=O) groups excluding carboxylic acids is 1. The number of nitrogens with one attached hydrogen (secondary N) is 1. The van der Waals surface area contributed by atoms with Gasteiger partial charge < -0.3 is 5.73 Å². The van der Waals surface area contributed by atoms with Crippen molar-refractivity contribution < 1.29 is 13.2 Å². The van der Waals surface area contributed by atoms with E-state index in [4.69, 9.17) is 5.73 Å². The number of carbonyl (C=O) groups is 1. The number of hydrogen-bond donors (Lipinski definition) is 2. The van der Waals surface area contributed by atoms with E-state index in [2.05, 4.69) is 4.72 Å². The van der Waals surface area contributed by atoms with Crippen LogP contribution in [-0.4, -0.2) is 20.9 Å². The van der Waals surface area contributed by atoms with Crippen molar-refractivity contribution in [1.29, 1.82) is 0 Å². The summed E-state index contributed by atoms with van der Waals surface area (Å²) in [5, 5.41) is 0. The SMILES string of the molecule is CCC(CC)(CN)C(=O)NS(=O)(=O)c1ccccc1. The third-order valence-corrected chi connectivity index (χ3v) is 4.85. The molecule has 5 nitrogen and oxygen atoms in total. The highest BCUT2D eigenvalue weighted by molar-refractivity contribution is 7.90. The van der Waals surface area contributed by atoms with Gasteiger partial charge in [-0.1, -0.05) is 32.0 Å². The molecular weight excluding hydrogens is 264 g/mol. The molecular formula is C13H20N2O3S. The Labute approximate surface area is 114 Å². The lowest BCUT2D eigenvalue weighted by atomic mass is 9.82. The molecule has 1 aromatic carbocycles. The summed E-state index contributed by atoms with van der Waals surface area (Å²) in [7, 11) is -3.83. The first-order chi connectivity index (χ1) is 8.91. The van der Waals surface area contributed by atoms with Gasteiger partial charge in [0.2, 0.25) is 5.91 Å². The van der Waals surface area contributed by atoms with Gasteiger partial charge in [-0.25, -0.2) is 13.1 Å². The minimum atomic E-state index is -3.83. The standard InChI is InChI=1S/C13H20N2O3S/c1-3-13(4-2,10-14)12(16)15-19(17,18)11-8-6-5-7-9-11/h5-9H,3-4,10,14H2,1-2H3,(H,15,16). The van der Waals surface area contributed by atoms with Crippen LogP contribution in [-0.2, 0) is 14.8 Å². The Kier molecular flexibility index (Phi) is 5.08. The summed E-state index contributed by atoms with van der Waals surface area (Å²) in [6.07, 6.45) is 0.992. The average Bonchev–Trinajstić information content (AvgIpc) is 2.42. The number of rotatable bonds is 6. The molecule has 0 aliphatic carbocycles. The van der Waals surface area contributed by atoms with E-state index in [0.29, 0.717) is 12.8 Å². The number of amides is 1. The van der Waals surface area contributed by atoms with Crippen LogP contribution in [0.2, 0.25) is 0 Å². The third kappa shape index (κ3) is 3.33. The van der Waals surface area contributed by atoms with E-state index in [1.54, 1.807) is 18.2 Å². The van der Waals surface area contributed by atoms with E-state index >= 15 is 0 Å². The van der Waals surface area contributed by atoms with Crippen LogP contribution in [0, 0.1) is 5.41 Å². The molecule has 0 bridgehead atoms. The molecule has 0 aliphatic heterocycles. The largest absolute Gasteiger partial charge is 0.329 e. The second kappa shape index (κ2) is 6.16. The number of hydrogen-bond acceptors (Lipinski definition) is 4. The molecule has 19 heavy (non-hydrogen) atoms. The zero-order chi connectivity index (χ0) is 14.5. The van der Waals surface area contributed by atoms with Gasteiger partial charge in [-0.15, -0.1) is 0 Å². The molecule has 0 aliphatic rings. The zero-order valence-electron chi connectivity index (χ0n) is 11.2. The van der Waals surface area contributed by atoms with Crippen LogP contribution < -0.4 is 10.5 Å². The third-order valence-electron chi connectivity index (χ3n) is 3.51. The highest BCUT2D eigenvalue weighted by Gasteiger charge is 2.35. The zero-order valence-corrected chi connectivity index (χ0v) is 12.0. The van der Waals surface area contributed by atoms with Crippen LogP contribution in [0.1, 0.15) is 26.7 Å². The van der Waals surface area contributed by atoms with Crippen molar-refractivity contribution in [2.24, 2.45) is 11.1 Å². The predicted molar refractivity (Wildman–Crippen MR) is 73.8 cm³/mol. The molecule has 1 amide bonds. The molecule has 0 atom stereocenters. The molecule has 0 heterocycles. The molecule has 1 aromatic rings. The average molecular weight is 284 g/mol. The first kappa shape index (κ1) is 15.7. The van der Waals surface area contributed by atoms with Crippen LogP contribution in [0.15, 0.2) is 35.2 Å². The first-order valence-electron chi connectivity index (χ1n) is 6.24. The van der Waals surface area contributed by atoms with Crippen molar-refractivity contribution in [3.63, 3.8) is 0 Å².